The smallest absolute Gasteiger partial charge is 0.296 e. The van der Waals surface area contributed by atoms with E-state index in [1.165, 1.54) is 38.9 Å². The summed E-state index contributed by atoms with van der Waals surface area (Å²) >= 11 is 3.99. The number of anilines is 1. The van der Waals surface area contributed by atoms with Gasteiger partial charge in [0.15, 0.2) is 10.9 Å². The molecule has 10 heteroatoms. The summed E-state index contributed by atoms with van der Waals surface area (Å²) in [5.74, 6) is -0.841. The molecule has 1 aliphatic heterocycles. The molecule has 1 unspecified atom stereocenters. The number of hydrogen-bond acceptors (Lipinski definition) is 9. The van der Waals surface area contributed by atoms with Crippen LogP contribution in [-0.4, -0.2) is 33.9 Å². The van der Waals surface area contributed by atoms with Crippen molar-refractivity contribution in [3.8, 4) is 5.75 Å². The van der Waals surface area contributed by atoms with E-state index in [4.69, 9.17) is 4.74 Å². The first kappa shape index (κ1) is 21.7. The minimum absolute atomic E-state index is 0.0576. The van der Waals surface area contributed by atoms with E-state index < -0.39 is 17.7 Å². The van der Waals surface area contributed by atoms with Crippen molar-refractivity contribution in [1.29, 1.82) is 0 Å². The molecule has 1 atom stereocenters. The monoisotopic (exact) mass is 497 g/mol. The standard InChI is InChI=1S/C23H19N3O4S3/c1-10-8-13-16(9-14(10)30-4)33-23(25-13)26-18(15-6-5-7-31-15)17(20(28)22(26)29)19(27)21-11(2)24-12(3)32-21/h5-9,18,28H,1-4H3. The molecule has 0 aliphatic carbocycles. The number of ether oxygens (including phenoxy) is 1. The van der Waals surface area contributed by atoms with Crippen LogP contribution in [0.1, 0.15) is 36.9 Å². The van der Waals surface area contributed by atoms with Gasteiger partial charge in [0.1, 0.15) is 11.8 Å². The molecule has 0 saturated carbocycles. The van der Waals surface area contributed by atoms with Crippen LogP contribution >= 0.6 is 34.0 Å². The Bertz CT molecular complexity index is 1450. The number of thiazole rings is 2. The summed E-state index contributed by atoms with van der Waals surface area (Å²) in [6.07, 6.45) is 0. The Morgan fingerprint density at radius 1 is 1.18 bits per heavy atom. The minimum Gasteiger partial charge on any atom is -0.503 e. The van der Waals surface area contributed by atoms with Crippen molar-refractivity contribution in [3.63, 3.8) is 0 Å². The van der Waals surface area contributed by atoms with Gasteiger partial charge in [-0.05, 0) is 49.9 Å². The molecule has 7 nitrogen and oxygen atoms in total. The van der Waals surface area contributed by atoms with Crippen molar-refractivity contribution >= 4 is 61.0 Å². The average molecular weight is 498 g/mol. The zero-order valence-corrected chi connectivity index (χ0v) is 20.7. The summed E-state index contributed by atoms with van der Waals surface area (Å²) in [6, 6.07) is 6.73. The lowest BCUT2D eigenvalue weighted by atomic mass is 10.0. The number of thiophene rings is 1. The highest BCUT2D eigenvalue weighted by atomic mass is 32.1. The molecular formula is C23H19N3O4S3. The average Bonchev–Trinajstić information content (AvgIpc) is 3.54. The Balaban J connectivity index is 1.66. The summed E-state index contributed by atoms with van der Waals surface area (Å²) in [4.78, 5) is 38.5. The van der Waals surface area contributed by atoms with Crippen LogP contribution in [0.2, 0.25) is 0 Å². The van der Waals surface area contributed by atoms with Gasteiger partial charge in [-0.15, -0.1) is 22.7 Å². The molecular weight excluding hydrogens is 478 g/mol. The number of amides is 1. The second-order valence-electron chi connectivity index (χ2n) is 7.62. The molecule has 5 rings (SSSR count). The SMILES string of the molecule is COc1cc2sc(N3C(=O)C(O)=C(C(=O)c4sc(C)nc4C)C3c3cccs3)nc2cc1C. The van der Waals surface area contributed by atoms with Gasteiger partial charge in [-0.2, -0.15) is 0 Å². The highest BCUT2D eigenvalue weighted by molar-refractivity contribution is 7.22. The Hall–Kier alpha value is -3.08. The topological polar surface area (TPSA) is 92.6 Å². The van der Waals surface area contributed by atoms with E-state index in [0.717, 1.165) is 31.4 Å². The maximum absolute atomic E-state index is 13.6. The number of rotatable bonds is 5. The first-order chi connectivity index (χ1) is 15.8. The number of fused-ring (bicyclic) bond motifs is 1. The highest BCUT2D eigenvalue weighted by Gasteiger charge is 2.47. The number of nitrogens with zero attached hydrogens (tertiary/aromatic N) is 3. The summed E-state index contributed by atoms with van der Waals surface area (Å²) in [7, 11) is 1.61. The maximum atomic E-state index is 13.6. The lowest BCUT2D eigenvalue weighted by molar-refractivity contribution is -0.117. The van der Waals surface area contributed by atoms with Crippen molar-refractivity contribution in [2.45, 2.75) is 26.8 Å². The number of aliphatic hydroxyl groups is 1. The Morgan fingerprint density at radius 2 is 1.97 bits per heavy atom. The van der Waals surface area contributed by atoms with Crippen LogP contribution in [0, 0.1) is 20.8 Å². The predicted molar refractivity (Wildman–Crippen MR) is 131 cm³/mol. The van der Waals surface area contributed by atoms with E-state index in [-0.39, 0.29) is 11.4 Å². The number of ketones is 1. The highest BCUT2D eigenvalue weighted by Crippen LogP contribution is 2.46. The van der Waals surface area contributed by atoms with E-state index >= 15 is 0 Å². The first-order valence-corrected chi connectivity index (χ1v) is 12.6. The molecule has 168 valence electrons. The van der Waals surface area contributed by atoms with E-state index in [1.54, 1.807) is 14.0 Å². The number of aromatic nitrogens is 2. The predicted octanol–water partition coefficient (Wildman–Crippen LogP) is 5.53. The Morgan fingerprint density at radius 3 is 2.61 bits per heavy atom. The van der Waals surface area contributed by atoms with E-state index in [1.807, 2.05) is 43.5 Å². The number of hydrogen-bond donors (Lipinski definition) is 1. The van der Waals surface area contributed by atoms with Crippen molar-refractivity contribution in [3.05, 3.63) is 67.0 Å². The van der Waals surface area contributed by atoms with Crippen molar-refractivity contribution in [1.82, 2.24) is 9.97 Å². The molecule has 1 N–H and O–H groups in total. The van der Waals surface area contributed by atoms with Crippen molar-refractivity contribution in [2.24, 2.45) is 0 Å². The fourth-order valence-electron chi connectivity index (χ4n) is 3.99. The van der Waals surface area contributed by atoms with Crippen LogP contribution in [0.5, 0.6) is 5.75 Å². The van der Waals surface area contributed by atoms with Gasteiger partial charge in [-0.3, -0.25) is 14.5 Å². The second-order valence-corrected chi connectivity index (χ2v) is 10.8. The lowest BCUT2D eigenvalue weighted by Crippen LogP contribution is -2.30. The van der Waals surface area contributed by atoms with Crippen LogP contribution < -0.4 is 9.64 Å². The van der Waals surface area contributed by atoms with Gasteiger partial charge in [-0.1, -0.05) is 17.4 Å². The summed E-state index contributed by atoms with van der Waals surface area (Å²) in [6.45, 7) is 5.51. The zero-order valence-electron chi connectivity index (χ0n) is 18.2. The number of methoxy groups -OCH3 is 1. The molecule has 1 amide bonds. The van der Waals surface area contributed by atoms with Crippen LogP contribution in [-0.2, 0) is 4.79 Å². The van der Waals surface area contributed by atoms with Gasteiger partial charge in [0.05, 0.1) is 38.5 Å². The Labute approximate surface area is 201 Å². The molecule has 0 spiro atoms. The number of benzene rings is 1. The fourth-order valence-corrected chi connectivity index (χ4v) is 6.69. The molecule has 0 bridgehead atoms. The third-order valence-corrected chi connectivity index (χ3v) is 8.49. The van der Waals surface area contributed by atoms with Crippen LogP contribution in [0.4, 0.5) is 5.13 Å². The van der Waals surface area contributed by atoms with Gasteiger partial charge in [-0.25, -0.2) is 9.97 Å². The largest absolute Gasteiger partial charge is 0.503 e. The van der Waals surface area contributed by atoms with Gasteiger partial charge in [0.25, 0.3) is 5.91 Å². The normalized spacial score (nSPS) is 16.3. The summed E-state index contributed by atoms with van der Waals surface area (Å²) in [5, 5.41) is 13.9. The number of aliphatic hydroxyl groups excluding tert-OH is 1. The molecule has 1 aliphatic rings. The number of carbonyl (C=O) groups is 2. The molecule has 4 aromatic rings. The summed E-state index contributed by atoms with van der Waals surface area (Å²) < 4.78 is 6.26. The van der Waals surface area contributed by atoms with E-state index in [2.05, 4.69) is 9.97 Å². The molecule has 0 saturated heterocycles. The van der Waals surface area contributed by atoms with Gasteiger partial charge in [0, 0.05) is 4.88 Å². The zero-order chi connectivity index (χ0) is 23.4. The molecule has 0 fully saturated rings. The third-order valence-electron chi connectivity index (χ3n) is 5.48. The molecule has 1 aromatic carbocycles. The van der Waals surface area contributed by atoms with Gasteiger partial charge >= 0.3 is 0 Å². The quantitative estimate of drug-likeness (QED) is 0.365. The lowest BCUT2D eigenvalue weighted by Gasteiger charge is -2.22. The van der Waals surface area contributed by atoms with Gasteiger partial charge < -0.3 is 9.84 Å². The van der Waals surface area contributed by atoms with Gasteiger partial charge in [0.2, 0.25) is 5.78 Å². The van der Waals surface area contributed by atoms with Crippen molar-refractivity contribution in [2.75, 3.05) is 12.0 Å². The fraction of sp³-hybridized carbons (Fsp3) is 0.217. The first-order valence-electron chi connectivity index (χ1n) is 10.0. The molecule has 3 aromatic heterocycles. The van der Waals surface area contributed by atoms with E-state index in [0.29, 0.717) is 15.7 Å². The number of aryl methyl sites for hydroxylation is 3. The number of carbonyl (C=O) groups excluding carboxylic acids is 2. The molecule has 0 radical (unpaired) electrons. The molecule has 33 heavy (non-hydrogen) atoms. The van der Waals surface area contributed by atoms with E-state index in [9.17, 15) is 14.7 Å². The van der Waals surface area contributed by atoms with Crippen LogP contribution in [0.15, 0.2) is 41.0 Å². The maximum Gasteiger partial charge on any atom is 0.296 e. The second kappa shape index (κ2) is 8.05. The van der Waals surface area contributed by atoms with Crippen LogP contribution in [0.25, 0.3) is 10.2 Å². The Kier molecular flexibility index (Phi) is 5.31. The summed E-state index contributed by atoms with van der Waals surface area (Å²) in [5.41, 5.74) is 2.29. The minimum atomic E-state index is -0.768. The van der Waals surface area contributed by atoms with Crippen LogP contribution in [0.3, 0.4) is 0 Å². The third kappa shape index (κ3) is 3.45. The van der Waals surface area contributed by atoms with Crippen molar-refractivity contribution < 1.29 is 19.4 Å². The molecule has 4 heterocycles. The number of Topliss-reactive ketones (excluding diaryl/α,β-unsaturated/α-hetero) is 1.